The van der Waals surface area contributed by atoms with Crippen LogP contribution in [0.2, 0.25) is 10.0 Å². The number of carbonyl (C=O) groups excluding carboxylic acids is 1. The fraction of sp³-hybridized carbons (Fsp3) is 0.350. The number of halogens is 2. The predicted molar refractivity (Wildman–Crippen MR) is 112 cm³/mol. The first kappa shape index (κ1) is 21.4. The summed E-state index contributed by atoms with van der Waals surface area (Å²) >= 11 is 11.9. The molecule has 2 aromatic carbocycles. The summed E-state index contributed by atoms with van der Waals surface area (Å²) < 4.78 is 5.47. The Balaban J connectivity index is 1.92. The van der Waals surface area contributed by atoms with Gasteiger partial charge in [-0.15, -0.1) is 0 Å². The maximum absolute atomic E-state index is 12.2. The minimum atomic E-state index is -0.210. The molecular formula is C20H25Cl2N3O2. The molecule has 0 aromatic heterocycles. The summed E-state index contributed by atoms with van der Waals surface area (Å²) in [6, 6.07) is 13.2. The summed E-state index contributed by atoms with van der Waals surface area (Å²) in [5, 5.41) is 3.81. The number of hydrogen-bond acceptors (Lipinski definition) is 4. The van der Waals surface area contributed by atoms with E-state index in [0.29, 0.717) is 22.3 Å². The molecule has 0 spiro atoms. The van der Waals surface area contributed by atoms with Gasteiger partial charge < -0.3 is 19.9 Å². The molecule has 0 aliphatic rings. The van der Waals surface area contributed by atoms with E-state index in [1.165, 1.54) is 0 Å². The number of hydrogen-bond donors (Lipinski definition) is 1. The van der Waals surface area contributed by atoms with Crippen molar-refractivity contribution >= 4 is 34.8 Å². The minimum Gasteiger partial charge on any atom is -0.482 e. The molecule has 1 N–H and O–H groups in total. The lowest BCUT2D eigenvalue weighted by molar-refractivity contribution is -0.123. The molecule has 0 fully saturated rings. The number of likely N-dealkylation sites (N-methyl/N-ethyl adjacent to an activating group) is 1. The van der Waals surface area contributed by atoms with Gasteiger partial charge in [-0.2, -0.15) is 0 Å². The number of anilines is 1. The van der Waals surface area contributed by atoms with Gasteiger partial charge in [-0.25, -0.2) is 0 Å². The highest BCUT2D eigenvalue weighted by Gasteiger charge is 2.16. The first-order valence-corrected chi connectivity index (χ1v) is 9.31. The molecule has 5 nitrogen and oxygen atoms in total. The van der Waals surface area contributed by atoms with Crippen molar-refractivity contribution in [2.75, 3.05) is 46.2 Å². The third-order valence-corrected chi connectivity index (χ3v) is 4.69. The molecule has 27 heavy (non-hydrogen) atoms. The van der Waals surface area contributed by atoms with Crippen LogP contribution in [0.3, 0.4) is 0 Å². The fourth-order valence-electron chi connectivity index (χ4n) is 2.59. The van der Waals surface area contributed by atoms with Gasteiger partial charge in [0.2, 0.25) is 0 Å². The van der Waals surface area contributed by atoms with E-state index in [-0.39, 0.29) is 18.6 Å². The van der Waals surface area contributed by atoms with Crippen molar-refractivity contribution in [3.05, 3.63) is 58.1 Å². The molecule has 1 atom stereocenters. The molecule has 0 unspecified atom stereocenters. The Morgan fingerprint density at radius 1 is 1.07 bits per heavy atom. The van der Waals surface area contributed by atoms with Crippen LogP contribution >= 0.6 is 23.2 Å². The Labute approximate surface area is 170 Å². The number of nitrogens with zero attached hydrogens (tertiary/aromatic N) is 2. The van der Waals surface area contributed by atoms with Crippen molar-refractivity contribution in [1.82, 2.24) is 10.2 Å². The summed E-state index contributed by atoms with van der Waals surface area (Å²) in [6.45, 7) is 0.367. The molecule has 146 valence electrons. The summed E-state index contributed by atoms with van der Waals surface area (Å²) in [6.07, 6.45) is 0. The minimum absolute atomic E-state index is 0.0595. The third-order valence-electron chi connectivity index (χ3n) is 4.16. The van der Waals surface area contributed by atoms with Gasteiger partial charge in [0.25, 0.3) is 5.91 Å². The van der Waals surface area contributed by atoms with Gasteiger partial charge in [0, 0.05) is 31.4 Å². The maximum atomic E-state index is 12.2. The molecule has 0 radical (unpaired) electrons. The molecule has 0 saturated carbocycles. The van der Waals surface area contributed by atoms with Crippen molar-refractivity contribution in [1.29, 1.82) is 0 Å². The van der Waals surface area contributed by atoms with E-state index in [2.05, 4.69) is 39.4 Å². The van der Waals surface area contributed by atoms with Crippen LogP contribution in [-0.2, 0) is 4.79 Å². The third kappa shape index (κ3) is 6.31. The average molecular weight is 410 g/mol. The zero-order chi connectivity index (χ0) is 20.0. The topological polar surface area (TPSA) is 44.8 Å². The largest absolute Gasteiger partial charge is 0.482 e. The first-order chi connectivity index (χ1) is 12.8. The standard InChI is InChI=1S/C20H25Cl2N3O2/c1-24(2)16-8-5-14(6-9-16)18(25(3)4)12-23-20(26)13-27-19-10-7-15(21)11-17(19)22/h5-11,18H,12-13H2,1-4H3,(H,23,26)/t18-/m0/s1. The average Bonchev–Trinajstić information content (AvgIpc) is 2.61. The van der Waals surface area contributed by atoms with Gasteiger partial charge in [0.15, 0.2) is 6.61 Å². The van der Waals surface area contributed by atoms with E-state index in [1.807, 2.05) is 28.2 Å². The molecule has 0 heterocycles. The Bertz CT molecular complexity index is 764. The van der Waals surface area contributed by atoms with Crippen LogP contribution < -0.4 is 15.0 Å². The van der Waals surface area contributed by atoms with Crippen LogP contribution in [0.4, 0.5) is 5.69 Å². The maximum Gasteiger partial charge on any atom is 0.258 e. The number of carbonyl (C=O) groups is 1. The SMILES string of the molecule is CN(C)c1ccc([C@H](CNC(=O)COc2ccc(Cl)cc2Cl)N(C)C)cc1. The van der Waals surface area contributed by atoms with Gasteiger partial charge in [-0.3, -0.25) is 4.79 Å². The summed E-state index contributed by atoms with van der Waals surface area (Å²) in [4.78, 5) is 16.3. The second kappa shape index (κ2) is 9.83. The Morgan fingerprint density at radius 2 is 1.74 bits per heavy atom. The first-order valence-electron chi connectivity index (χ1n) is 8.56. The van der Waals surface area contributed by atoms with Crippen molar-refractivity contribution in [3.63, 3.8) is 0 Å². The van der Waals surface area contributed by atoms with Crippen molar-refractivity contribution in [2.45, 2.75) is 6.04 Å². The summed E-state index contributed by atoms with van der Waals surface area (Å²) in [7, 11) is 7.98. The Hall–Kier alpha value is -1.95. The molecule has 0 aliphatic heterocycles. The Morgan fingerprint density at radius 3 is 2.30 bits per heavy atom. The number of rotatable bonds is 8. The fourth-order valence-corrected chi connectivity index (χ4v) is 3.05. The van der Waals surface area contributed by atoms with Gasteiger partial charge in [-0.05, 0) is 50.0 Å². The van der Waals surface area contributed by atoms with Crippen LogP contribution in [-0.4, -0.2) is 52.1 Å². The molecule has 7 heteroatoms. The molecule has 2 rings (SSSR count). The summed E-state index contributed by atoms with van der Waals surface area (Å²) in [5.41, 5.74) is 2.26. The summed E-state index contributed by atoms with van der Waals surface area (Å²) in [5.74, 6) is 0.220. The molecule has 0 saturated heterocycles. The van der Waals surface area contributed by atoms with Crippen LogP contribution in [0.25, 0.3) is 0 Å². The van der Waals surface area contributed by atoms with E-state index in [4.69, 9.17) is 27.9 Å². The second-order valence-corrected chi connectivity index (χ2v) is 7.48. The highest BCUT2D eigenvalue weighted by atomic mass is 35.5. The van der Waals surface area contributed by atoms with Crippen LogP contribution in [0.5, 0.6) is 5.75 Å². The van der Waals surface area contributed by atoms with E-state index in [1.54, 1.807) is 18.2 Å². The molecule has 2 aromatic rings. The van der Waals surface area contributed by atoms with Gasteiger partial charge in [0.1, 0.15) is 5.75 Å². The molecular weight excluding hydrogens is 385 g/mol. The smallest absolute Gasteiger partial charge is 0.258 e. The van der Waals surface area contributed by atoms with Gasteiger partial charge >= 0.3 is 0 Å². The highest BCUT2D eigenvalue weighted by molar-refractivity contribution is 6.35. The Kier molecular flexibility index (Phi) is 7.78. The zero-order valence-electron chi connectivity index (χ0n) is 16.0. The predicted octanol–water partition coefficient (Wildman–Crippen LogP) is 3.86. The van der Waals surface area contributed by atoms with E-state index in [9.17, 15) is 4.79 Å². The van der Waals surface area contributed by atoms with Crippen molar-refractivity contribution < 1.29 is 9.53 Å². The van der Waals surface area contributed by atoms with Crippen LogP contribution in [0.1, 0.15) is 11.6 Å². The van der Waals surface area contributed by atoms with E-state index in [0.717, 1.165) is 11.3 Å². The lowest BCUT2D eigenvalue weighted by Crippen LogP contribution is -2.36. The van der Waals surface area contributed by atoms with Crippen molar-refractivity contribution in [2.24, 2.45) is 0 Å². The van der Waals surface area contributed by atoms with Gasteiger partial charge in [0.05, 0.1) is 11.1 Å². The number of ether oxygens (including phenoxy) is 1. The monoisotopic (exact) mass is 409 g/mol. The molecule has 0 aliphatic carbocycles. The second-order valence-electron chi connectivity index (χ2n) is 6.63. The number of nitrogens with one attached hydrogen (secondary N) is 1. The van der Waals surface area contributed by atoms with Crippen LogP contribution in [0.15, 0.2) is 42.5 Å². The van der Waals surface area contributed by atoms with Crippen molar-refractivity contribution in [3.8, 4) is 5.75 Å². The lowest BCUT2D eigenvalue weighted by atomic mass is 10.1. The molecule has 1 amide bonds. The van der Waals surface area contributed by atoms with Gasteiger partial charge in [-0.1, -0.05) is 35.3 Å². The molecule has 0 bridgehead atoms. The number of benzene rings is 2. The zero-order valence-corrected chi connectivity index (χ0v) is 17.5. The normalized spacial score (nSPS) is 12.0. The lowest BCUT2D eigenvalue weighted by Gasteiger charge is -2.25. The number of amides is 1. The van der Waals surface area contributed by atoms with E-state index < -0.39 is 0 Å². The highest BCUT2D eigenvalue weighted by Crippen LogP contribution is 2.27. The van der Waals surface area contributed by atoms with E-state index >= 15 is 0 Å². The van der Waals surface area contributed by atoms with Crippen LogP contribution in [0, 0.1) is 0 Å². The quantitative estimate of drug-likeness (QED) is 0.718.